The Bertz CT molecular complexity index is 1000. The van der Waals surface area contributed by atoms with Crippen molar-refractivity contribution in [1.82, 2.24) is 9.55 Å². The van der Waals surface area contributed by atoms with Crippen LogP contribution in [0.3, 0.4) is 0 Å². The van der Waals surface area contributed by atoms with E-state index in [1.54, 1.807) is 57.6 Å². The van der Waals surface area contributed by atoms with Gasteiger partial charge in [0.1, 0.15) is 5.60 Å². The van der Waals surface area contributed by atoms with Gasteiger partial charge >= 0.3 is 6.09 Å². The van der Waals surface area contributed by atoms with Crippen molar-refractivity contribution in [2.45, 2.75) is 26.4 Å². The van der Waals surface area contributed by atoms with Crippen molar-refractivity contribution in [1.29, 1.82) is 0 Å². The fourth-order valence-electron chi connectivity index (χ4n) is 2.62. The van der Waals surface area contributed by atoms with Crippen LogP contribution in [0.25, 0.3) is 16.9 Å². The number of non-ortho nitro benzene ring substituents is 1. The van der Waals surface area contributed by atoms with E-state index >= 15 is 0 Å². The molecule has 1 aromatic heterocycles. The van der Waals surface area contributed by atoms with Gasteiger partial charge in [-0.1, -0.05) is 6.07 Å². The quantitative estimate of drug-likeness (QED) is 0.518. The van der Waals surface area contributed by atoms with Crippen molar-refractivity contribution >= 4 is 17.5 Å². The molecule has 0 radical (unpaired) electrons. The summed E-state index contributed by atoms with van der Waals surface area (Å²) in [5.41, 5.74) is 2.35. The Morgan fingerprint density at radius 3 is 2.54 bits per heavy atom. The largest absolute Gasteiger partial charge is 0.444 e. The van der Waals surface area contributed by atoms with Crippen LogP contribution in [0.4, 0.5) is 16.2 Å². The summed E-state index contributed by atoms with van der Waals surface area (Å²) in [5.74, 6) is 0. The van der Waals surface area contributed by atoms with E-state index < -0.39 is 16.6 Å². The lowest BCUT2D eigenvalue weighted by Gasteiger charge is -2.20. The molecular formula is C20H20N4O4. The molecule has 0 saturated carbocycles. The zero-order valence-electron chi connectivity index (χ0n) is 15.7. The lowest BCUT2D eigenvalue weighted by atomic mass is 10.1. The highest BCUT2D eigenvalue weighted by atomic mass is 16.6. The highest BCUT2D eigenvalue weighted by molar-refractivity contribution is 5.85. The van der Waals surface area contributed by atoms with Gasteiger partial charge in [-0.3, -0.25) is 20.0 Å². The van der Waals surface area contributed by atoms with Crippen molar-refractivity contribution in [3.8, 4) is 16.9 Å². The predicted octanol–water partition coefficient (Wildman–Crippen LogP) is 4.79. The van der Waals surface area contributed by atoms with E-state index in [0.29, 0.717) is 5.69 Å². The van der Waals surface area contributed by atoms with Gasteiger partial charge in [-0.15, -0.1) is 0 Å². The molecule has 0 unspecified atom stereocenters. The number of rotatable bonds is 4. The third kappa shape index (κ3) is 4.53. The van der Waals surface area contributed by atoms with Crippen LogP contribution < -0.4 is 5.32 Å². The first-order valence-corrected chi connectivity index (χ1v) is 8.60. The molecule has 0 spiro atoms. The van der Waals surface area contributed by atoms with Crippen LogP contribution in [0.15, 0.2) is 61.1 Å². The summed E-state index contributed by atoms with van der Waals surface area (Å²) in [5, 5.41) is 13.6. The highest BCUT2D eigenvalue weighted by Crippen LogP contribution is 2.26. The van der Waals surface area contributed by atoms with E-state index in [1.165, 1.54) is 12.1 Å². The first kappa shape index (κ1) is 19.1. The number of benzene rings is 2. The number of nitro benzene ring substituents is 1. The Balaban J connectivity index is 1.86. The molecule has 3 aromatic rings. The summed E-state index contributed by atoms with van der Waals surface area (Å²) in [6, 6.07) is 13.5. The van der Waals surface area contributed by atoms with Gasteiger partial charge in [-0.2, -0.15) is 0 Å². The molecule has 144 valence electrons. The molecule has 0 fully saturated rings. The van der Waals surface area contributed by atoms with Crippen LogP contribution in [0.1, 0.15) is 20.8 Å². The average Bonchev–Trinajstić information content (AvgIpc) is 3.10. The van der Waals surface area contributed by atoms with Gasteiger partial charge in [-0.25, -0.2) is 9.78 Å². The van der Waals surface area contributed by atoms with Gasteiger partial charge in [-0.05, 0) is 51.1 Å². The zero-order chi connectivity index (χ0) is 20.3. The SMILES string of the molecule is CC(C)(C)OC(=O)Nc1cccc(-n2cncc2-c2ccc([N+](=O)[O-])cc2)c1. The normalized spacial score (nSPS) is 11.1. The molecule has 0 bridgehead atoms. The molecule has 3 rings (SSSR count). The van der Waals surface area contributed by atoms with E-state index in [9.17, 15) is 14.9 Å². The fraction of sp³-hybridized carbons (Fsp3) is 0.200. The van der Waals surface area contributed by atoms with Crippen molar-refractivity contribution in [2.75, 3.05) is 5.32 Å². The van der Waals surface area contributed by atoms with Gasteiger partial charge in [0.25, 0.3) is 5.69 Å². The molecule has 0 aliphatic rings. The first-order valence-electron chi connectivity index (χ1n) is 8.60. The number of hydrogen-bond donors (Lipinski definition) is 1. The van der Waals surface area contributed by atoms with Gasteiger partial charge in [0.2, 0.25) is 0 Å². The summed E-state index contributed by atoms with van der Waals surface area (Å²) in [7, 11) is 0. The minimum Gasteiger partial charge on any atom is -0.444 e. The van der Waals surface area contributed by atoms with Gasteiger partial charge in [0.15, 0.2) is 0 Å². The first-order chi connectivity index (χ1) is 13.2. The number of ether oxygens (including phenoxy) is 1. The second kappa shape index (κ2) is 7.51. The second-order valence-electron chi connectivity index (χ2n) is 7.13. The maximum Gasteiger partial charge on any atom is 0.412 e. The Morgan fingerprint density at radius 1 is 1.18 bits per heavy atom. The lowest BCUT2D eigenvalue weighted by Crippen LogP contribution is -2.27. The molecule has 1 N–H and O–H groups in total. The molecule has 0 aliphatic carbocycles. The number of anilines is 1. The van der Waals surface area contributed by atoms with Gasteiger partial charge < -0.3 is 4.74 Å². The molecule has 0 atom stereocenters. The van der Waals surface area contributed by atoms with Crippen LogP contribution in [0.5, 0.6) is 0 Å². The number of aromatic nitrogens is 2. The average molecular weight is 380 g/mol. The molecule has 2 aromatic carbocycles. The summed E-state index contributed by atoms with van der Waals surface area (Å²) in [6.07, 6.45) is 2.78. The molecule has 28 heavy (non-hydrogen) atoms. The number of hydrogen-bond acceptors (Lipinski definition) is 5. The maximum atomic E-state index is 12.0. The summed E-state index contributed by atoms with van der Waals surface area (Å²) < 4.78 is 7.11. The predicted molar refractivity (Wildman–Crippen MR) is 106 cm³/mol. The number of nitro groups is 1. The van der Waals surface area contributed by atoms with Crippen molar-refractivity contribution in [2.24, 2.45) is 0 Å². The Labute approximate surface area is 161 Å². The topological polar surface area (TPSA) is 99.3 Å². The monoisotopic (exact) mass is 380 g/mol. The van der Waals surface area contributed by atoms with Crippen molar-refractivity contribution in [3.63, 3.8) is 0 Å². The molecule has 8 heteroatoms. The molecule has 0 aliphatic heterocycles. The van der Waals surface area contributed by atoms with Crippen molar-refractivity contribution < 1.29 is 14.5 Å². The Morgan fingerprint density at radius 2 is 1.89 bits per heavy atom. The van der Waals surface area contributed by atoms with Crippen molar-refractivity contribution in [3.05, 3.63) is 71.2 Å². The number of nitrogens with zero attached hydrogens (tertiary/aromatic N) is 3. The van der Waals surface area contributed by atoms with E-state index in [2.05, 4.69) is 10.3 Å². The van der Waals surface area contributed by atoms with E-state index in [1.807, 2.05) is 16.7 Å². The Kier molecular flexibility index (Phi) is 5.12. The molecule has 1 heterocycles. The minimum absolute atomic E-state index is 0.0263. The number of imidazole rings is 1. The Hall–Kier alpha value is -3.68. The van der Waals surface area contributed by atoms with Crippen LogP contribution in [-0.2, 0) is 4.74 Å². The van der Waals surface area contributed by atoms with E-state index in [-0.39, 0.29) is 5.69 Å². The lowest BCUT2D eigenvalue weighted by molar-refractivity contribution is -0.384. The summed E-state index contributed by atoms with van der Waals surface area (Å²) in [4.78, 5) is 26.6. The van der Waals surface area contributed by atoms with Gasteiger partial charge in [0.05, 0.1) is 23.1 Å². The van der Waals surface area contributed by atoms with Crippen LogP contribution in [0, 0.1) is 10.1 Å². The number of carbonyl (C=O) groups excluding carboxylic acids is 1. The smallest absolute Gasteiger partial charge is 0.412 e. The van der Waals surface area contributed by atoms with Crippen LogP contribution in [-0.4, -0.2) is 26.2 Å². The van der Waals surface area contributed by atoms with Crippen LogP contribution >= 0.6 is 0 Å². The maximum absolute atomic E-state index is 12.0. The second-order valence-corrected chi connectivity index (χ2v) is 7.13. The molecule has 1 amide bonds. The third-order valence-electron chi connectivity index (χ3n) is 3.78. The molecular weight excluding hydrogens is 360 g/mol. The summed E-state index contributed by atoms with van der Waals surface area (Å²) in [6.45, 7) is 5.39. The number of nitrogens with one attached hydrogen (secondary N) is 1. The minimum atomic E-state index is -0.588. The summed E-state index contributed by atoms with van der Waals surface area (Å²) >= 11 is 0. The molecule has 0 saturated heterocycles. The standard InChI is InChI=1S/C20H20N4O4/c1-20(2,3)28-19(25)22-15-5-4-6-17(11-15)23-13-21-12-18(23)14-7-9-16(10-8-14)24(26)27/h4-13H,1-3H3,(H,22,25). The zero-order valence-corrected chi connectivity index (χ0v) is 15.7. The van der Waals surface area contributed by atoms with E-state index in [4.69, 9.17) is 4.74 Å². The highest BCUT2D eigenvalue weighted by Gasteiger charge is 2.16. The number of carbonyl (C=O) groups is 1. The fourth-order valence-corrected chi connectivity index (χ4v) is 2.62. The number of amides is 1. The molecule has 8 nitrogen and oxygen atoms in total. The van der Waals surface area contributed by atoms with Gasteiger partial charge in [0, 0.05) is 29.1 Å². The van der Waals surface area contributed by atoms with E-state index in [0.717, 1.165) is 16.9 Å². The third-order valence-corrected chi connectivity index (χ3v) is 3.78. The van der Waals surface area contributed by atoms with Crippen LogP contribution in [0.2, 0.25) is 0 Å².